The van der Waals surface area contributed by atoms with E-state index in [1.165, 1.54) is 11.8 Å². The zero-order valence-electron chi connectivity index (χ0n) is 17.2. The maximum atomic E-state index is 13.4. The predicted octanol–water partition coefficient (Wildman–Crippen LogP) is 5.84. The number of nitrogens with zero attached hydrogens (tertiary/aromatic N) is 2. The molecular weight excluding hydrogens is 408 g/mol. The number of amidine groups is 1. The molecular formula is C25H20N2O3S. The molecule has 0 aromatic heterocycles. The summed E-state index contributed by atoms with van der Waals surface area (Å²) in [5.41, 5.74) is 4.70. The molecule has 1 amide bonds. The van der Waals surface area contributed by atoms with Gasteiger partial charge in [0, 0.05) is 0 Å². The van der Waals surface area contributed by atoms with Crippen LogP contribution in [0, 0.1) is 13.8 Å². The highest BCUT2D eigenvalue weighted by atomic mass is 32.2. The molecule has 5 nitrogen and oxygen atoms in total. The Balaban J connectivity index is 1.56. The standard InChI is InChI=1S/C25H20N2O3S/c1-16-5-3-7-19(11-16)26-25-27(20-8-4-6-17(2)12-20)24(28)23(31-25)14-18-9-10-21-22(13-18)30-15-29-21/h3-14H,15H2,1-2H3/b23-14-,26-25?. The molecule has 0 bridgehead atoms. The summed E-state index contributed by atoms with van der Waals surface area (Å²) in [6.45, 7) is 4.26. The Labute approximate surface area is 185 Å². The van der Waals surface area contributed by atoms with E-state index in [9.17, 15) is 4.79 Å². The van der Waals surface area contributed by atoms with Gasteiger partial charge in [0.05, 0.1) is 16.3 Å². The zero-order valence-corrected chi connectivity index (χ0v) is 18.0. The van der Waals surface area contributed by atoms with Crippen molar-refractivity contribution in [1.82, 2.24) is 0 Å². The topological polar surface area (TPSA) is 51.1 Å². The van der Waals surface area contributed by atoms with Gasteiger partial charge < -0.3 is 9.47 Å². The molecule has 6 heteroatoms. The number of carbonyl (C=O) groups is 1. The van der Waals surface area contributed by atoms with E-state index in [0.717, 1.165) is 33.8 Å². The molecule has 5 rings (SSSR count). The van der Waals surface area contributed by atoms with Crippen LogP contribution < -0.4 is 14.4 Å². The minimum atomic E-state index is -0.0975. The van der Waals surface area contributed by atoms with Gasteiger partial charge in [-0.25, -0.2) is 4.99 Å². The van der Waals surface area contributed by atoms with Crippen LogP contribution in [0.1, 0.15) is 16.7 Å². The van der Waals surface area contributed by atoms with Crippen LogP contribution >= 0.6 is 11.8 Å². The molecule has 3 aromatic rings. The lowest BCUT2D eigenvalue weighted by Crippen LogP contribution is -2.28. The number of carbonyl (C=O) groups excluding carboxylic acids is 1. The Hall–Kier alpha value is -3.51. The van der Waals surface area contributed by atoms with E-state index in [-0.39, 0.29) is 12.7 Å². The Morgan fingerprint density at radius 1 is 0.935 bits per heavy atom. The van der Waals surface area contributed by atoms with E-state index >= 15 is 0 Å². The summed E-state index contributed by atoms with van der Waals surface area (Å²) in [5.74, 6) is 1.31. The van der Waals surface area contributed by atoms with Crippen LogP contribution in [-0.2, 0) is 4.79 Å². The molecule has 0 atom stereocenters. The van der Waals surface area contributed by atoms with Crippen molar-refractivity contribution in [1.29, 1.82) is 0 Å². The lowest BCUT2D eigenvalue weighted by Gasteiger charge is -2.16. The minimum absolute atomic E-state index is 0.0975. The van der Waals surface area contributed by atoms with Crippen LogP contribution in [0.5, 0.6) is 11.5 Å². The van der Waals surface area contributed by atoms with E-state index in [2.05, 4.69) is 0 Å². The molecule has 2 heterocycles. The number of amides is 1. The third-order valence-corrected chi connectivity index (χ3v) is 5.96. The fourth-order valence-electron chi connectivity index (χ4n) is 3.51. The maximum absolute atomic E-state index is 13.4. The number of hydrogen-bond donors (Lipinski definition) is 0. The quantitative estimate of drug-likeness (QED) is 0.492. The fourth-order valence-corrected chi connectivity index (χ4v) is 4.51. The van der Waals surface area contributed by atoms with E-state index in [0.29, 0.717) is 15.8 Å². The fraction of sp³-hybridized carbons (Fsp3) is 0.120. The Morgan fingerprint density at radius 2 is 1.71 bits per heavy atom. The molecule has 3 aromatic carbocycles. The van der Waals surface area contributed by atoms with Crippen molar-refractivity contribution in [2.24, 2.45) is 4.99 Å². The normalized spacial score (nSPS) is 17.7. The van der Waals surface area contributed by atoms with Crippen LogP contribution in [0.2, 0.25) is 0 Å². The summed E-state index contributed by atoms with van der Waals surface area (Å²) in [4.78, 5) is 20.5. The molecule has 0 saturated carbocycles. The van der Waals surface area contributed by atoms with Gasteiger partial charge in [-0.1, -0.05) is 30.3 Å². The average molecular weight is 429 g/mol. The Morgan fingerprint density at radius 3 is 2.52 bits per heavy atom. The van der Waals surface area contributed by atoms with Gasteiger partial charge >= 0.3 is 0 Å². The Kier molecular flexibility index (Phi) is 5.00. The number of fused-ring (bicyclic) bond motifs is 1. The summed E-state index contributed by atoms with van der Waals surface area (Å²) >= 11 is 1.37. The molecule has 31 heavy (non-hydrogen) atoms. The SMILES string of the molecule is Cc1cccc(N=C2S/C(=C\c3ccc4c(c3)OCO4)C(=O)N2c2cccc(C)c2)c1. The molecule has 2 aliphatic heterocycles. The number of aryl methyl sites for hydroxylation is 2. The van der Waals surface area contributed by atoms with Gasteiger partial charge in [0.2, 0.25) is 6.79 Å². The molecule has 0 radical (unpaired) electrons. The van der Waals surface area contributed by atoms with Crippen molar-refractivity contribution in [2.45, 2.75) is 13.8 Å². The minimum Gasteiger partial charge on any atom is -0.454 e. The first kappa shape index (κ1) is 19.5. The van der Waals surface area contributed by atoms with E-state index in [1.54, 1.807) is 4.90 Å². The van der Waals surface area contributed by atoms with Crippen molar-refractivity contribution < 1.29 is 14.3 Å². The van der Waals surface area contributed by atoms with Gasteiger partial charge in [-0.3, -0.25) is 9.69 Å². The molecule has 1 fully saturated rings. The first-order valence-electron chi connectivity index (χ1n) is 9.92. The van der Waals surface area contributed by atoms with Crippen LogP contribution in [0.25, 0.3) is 6.08 Å². The number of hydrogen-bond acceptors (Lipinski definition) is 5. The number of aliphatic imine (C=N–C) groups is 1. The summed E-state index contributed by atoms with van der Waals surface area (Å²) < 4.78 is 10.8. The maximum Gasteiger partial charge on any atom is 0.271 e. The lowest BCUT2D eigenvalue weighted by molar-refractivity contribution is -0.113. The van der Waals surface area contributed by atoms with Crippen molar-refractivity contribution in [3.8, 4) is 11.5 Å². The third kappa shape index (κ3) is 3.94. The van der Waals surface area contributed by atoms with E-state index < -0.39 is 0 Å². The summed E-state index contributed by atoms with van der Waals surface area (Å²) in [6.07, 6.45) is 1.87. The second kappa shape index (κ2) is 7.96. The summed E-state index contributed by atoms with van der Waals surface area (Å²) in [5, 5.41) is 0.633. The molecule has 0 spiro atoms. The first-order chi connectivity index (χ1) is 15.1. The molecule has 0 aliphatic carbocycles. The smallest absolute Gasteiger partial charge is 0.271 e. The van der Waals surface area contributed by atoms with Crippen molar-refractivity contribution >= 4 is 40.3 Å². The number of ether oxygens (including phenoxy) is 2. The third-order valence-electron chi connectivity index (χ3n) is 4.99. The summed E-state index contributed by atoms with van der Waals surface area (Å²) in [6, 6.07) is 21.5. The molecule has 0 unspecified atom stereocenters. The van der Waals surface area contributed by atoms with Crippen LogP contribution in [0.3, 0.4) is 0 Å². The highest BCUT2D eigenvalue weighted by molar-refractivity contribution is 8.19. The average Bonchev–Trinajstić information content (AvgIpc) is 3.32. The second-order valence-electron chi connectivity index (χ2n) is 7.44. The van der Waals surface area contributed by atoms with E-state index in [1.807, 2.05) is 86.7 Å². The van der Waals surface area contributed by atoms with Crippen molar-refractivity contribution in [3.05, 3.63) is 88.3 Å². The number of benzene rings is 3. The van der Waals surface area contributed by atoms with Gasteiger partial charge in [-0.15, -0.1) is 0 Å². The van der Waals surface area contributed by atoms with Crippen molar-refractivity contribution in [3.63, 3.8) is 0 Å². The number of rotatable bonds is 3. The van der Waals surface area contributed by atoms with Gasteiger partial charge in [0.25, 0.3) is 5.91 Å². The number of thioether (sulfide) groups is 1. The predicted molar refractivity (Wildman–Crippen MR) is 125 cm³/mol. The largest absolute Gasteiger partial charge is 0.454 e. The number of anilines is 1. The van der Waals surface area contributed by atoms with E-state index in [4.69, 9.17) is 14.5 Å². The first-order valence-corrected chi connectivity index (χ1v) is 10.7. The van der Waals surface area contributed by atoms with Crippen molar-refractivity contribution in [2.75, 3.05) is 11.7 Å². The summed E-state index contributed by atoms with van der Waals surface area (Å²) in [7, 11) is 0. The van der Waals surface area contributed by atoms with Crippen LogP contribution in [0.4, 0.5) is 11.4 Å². The van der Waals surface area contributed by atoms with Gasteiger partial charge in [-0.05, 0) is 84.8 Å². The van der Waals surface area contributed by atoms with Gasteiger partial charge in [0.15, 0.2) is 16.7 Å². The highest BCUT2D eigenvalue weighted by Gasteiger charge is 2.35. The van der Waals surface area contributed by atoms with Crippen LogP contribution in [-0.4, -0.2) is 17.9 Å². The van der Waals surface area contributed by atoms with Gasteiger partial charge in [0.1, 0.15) is 0 Å². The van der Waals surface area contributed by atoms with Crippen LogP contribution in [0.15, 0.2) is 76.6 Å². The molecule has 154 valence electrons. The Bertz CT molecular complexity index is 1250. The van der Waals surface area contributed by atoms with Gasteiger partial charge in [-0.2, -0.15) is 0 Å². The molecule has 2 aliphatic rings. The second-order valence-corrected chi connectivity index (χ2v) is 8.45. The molecule has 0 N–H and O–H groups in total. The zero-order chi connectivity index (χ0) is 21.4. The lowest BCUT2D eigenvalue weighted by atomic mass is 10.1. The molecule has 1 saturated heterocycles. The monoisotopic (exact) mass is 428 g/mol. The highest BCUT2D eigenvalue weighted by Crippen LogP contribution is 2.39.